The molecule has 1 atom stereocenters. The van der Waals surface area contributed by atoms with Gasteiger partial charge in [0, 0.05) is 35.4 Å². The number of ketones is 1. The van der Waals surface area contributed by atoms with E-state index in [4.69, 9.17) is 9.47 Å². The maximum atomic E-state index is 13.3. The van der Waals surface area contributed by atoms with Crippen molar-refractivity contribution >= 4 is 28.4 Å². The molecule has 2 aromatic heterocycles. The second-order valence-electron chi connectivity index (χ2n) is 8.68. The van der Waals surface area contributed by atoms with E-state index in [-0.39, 0.29) is 17.9 Å². The number of carbonyl (C=O) groups excluding carboxylic acids is 2. The maximum Gasteiger partial charge on any atom is 0.295 e. The molecule has 3 heterocycles. The first-order valence-corrected chi connectivity index (χ1v) is 12.1. The number of benzene rings is 2. The predicted molar refractivity (Wildman–Crippen MR) is 139 cm³/mol. The standard InChI is InChI=1S/C29H27N3O5/c1-3-37-20-9-7-18(8-10-20)27(33)25-26(24-6-4-5-14-30-24)32(29(35)28(25)34)15-13-19-17-31-23-12-11-21(36-2)16-22(19)23/h4-12,14,16-17,26,31,33H,3,13,15H2,1-2H3/t26-/m1/s1. The summed E-state index contributed by atoms with van der Waals surface area (Å²) in [6.45, 7) is 2.66. The molecule has 0 bridgehead atoms. The van der Waals surface area contributed by atoms with Gasteiger partial charge in [-0.2, -0.15) is 0 Å². The normalized spacial score (nSPS) is 16.9. The Morgan fingerprint density at radius 3 is 2.57 bits per heavy atom. The molecule has 2 N–H and O–H groups in total. The zero-order valence-electron chi connectivity index (χ0n) is 20.6. The molecule has 5 rings (SSSR count). The molecule has 4 aromatic rings. The Hall–Kier alpha value is -4.59. The van der Waals surface area contributed by atoms with Gasteiger partial charge in [0.05, 0.1) is 25.0 Å². The average Bonchev–Trinajstić information content (AvgIpc) is 3.45. The van der Waals surface area contributed by atoms with Gasteiger partial charge in [0.15, 0.2) is 0 Å². The highest BCUT2D eigenvalue weighted by Crippen LogP contribution is 2.39. The Labute approximate surface area is 214 Å². The number of hydrogen-bond donors (Lipinski definition) is 2. The molecule has 37 heavy (non-hydrogen) atoms. The molecule has 1 saturated heterocycles. The maximum absolute atomic E-state index is 13.3. The van der Waals surface area contributed by atoms with Gasteiger partial charge < -0.3 is 24.5 Å². The van der Waals surface area contributed by atoms with Crippen molar-refractivity contribution in [3.05, 3.63) is 95.5 Å². The number of carbonyl (C=O) groups is 2. The molecule has 8 heteroatoms. The Morgan fingerprint density at radius 1 is 1.08 bits per heavy atom. The zero-order valence-corrected chi connectivity index (χ0v) is 20.6. The number of hydrogen-bond acceptors (Lipinski definition) is 6. The van der Waals surface area contributed by atoms with Crippen LogP contribution in [0, 0.1) is 0 Å². The number of fused-ring (bicyclic) bond motifs is 1. The van der Waals surface area contributed by atoms with Crippen LogP contribution in [0.2, 0.25) is 0 Å². The summed E-state index contributed by atoms with van der Waals surface area (Å²) in [6.07, 6.45) is 4.00. The van der Waals surface area contributed by atoms with Crippen LogP contribution >= 0.6 is 0 Å². The van der Waals surface area contributed by atoms with E-state index in [1.807, 2.05) is 31.3 Å². The third-order valence-corrected chi connectivity index (χ3v) is 6.54. The first-order chi connectivity index (χ1) is 18.0. The number of likely N-dealkylation sites (tertiary alicyclic amines) is 1. The number of rotatable bonds is 8. The van der Waals surface area contributed by atoms with E-state index in [9.17, 15) is 14.7 Å². The minimum Gasteiger partial charge on any atom is -0.507 e. The molecule has 0 unspecified atom stereocenters. The Bertz CT molecular complexity index is 1470. The van der Waals surface area contributed by atoms with Gasteiger partial charge in [0.25, 0.3) is 11.7 Å². The number of nitrogens with zero attached hydrogens (tertiary/aromatic N) is 2. The number of aliphatic hydroxyl groups excluding tert-OH is 1. The Morgan fingerprint density at radius 2 is 1.86 bits per heavy atom. The molecule has 0 radical (unpaired) electrons. The molecule has 2 aromatic carbocycles. The number of Topliss-reactive ketones (excluding diaryl/α,β-unsaturated/α-hetero) is 1. The van der Waals surface area contributed by atoms with Crippen molar-refractivity contribution in [2.45, 2.75) is 19.4 Å². The van der Waals surface area contributed by atoms with Crippen LogP contribution in [0.4, 0.5) is 0 Å². The minimum atomic E-state index is -0.812. The number of amides is 1. The van der Waals surface area contributed by atoms with Gasteiger partial charge in [0.1, 0.15) is 23.3 Å². The first-order valence-electron chi connectivity index (χ1n) is 12.1. The van der Waals surface area contributed by atoms with Gasteiger partial charge in [-0.05, 0) is 73.5 Å². The quantitative estimate of drug-likeness (QED) is 0.209. The van der Waals surface area contributed by atoms with Crippen LogP contribution in [0.15, 0.2) is 78.6 Å². The SMILES string of the molecule is CCOc1ccc(C(O)=C2C(=O)C(=O)N(CCc3c[nH]c4ccc(OC)cc34)[C@@H]2c2ccccn2)cc1. The van der Waals surface area contributed by atoms with E-state index in [2.05, 4.69) is 9.97 Å². The van der Waals surface area contributed by atoms with Crippen molar-refractivity contribution < 1.29 is 24.2 Å². The molecule has 1 amide bonds. The minimum absolute atomic E-state index is 0.0217. The van der Waals surface area contributed by atoms with Gasteiger partial charge >= 0.3 is 0 Å². The van der Waals surface area contributed by atoms with Gasteiger partial charge in [-0.15, -0.1) is 0 Å². The van der Waals surface area contributed by atoms with E-state index in [0.29, 0.717) is 30.0 Å². The van der Waals surface area contributed by atoms with Crippen LogP contribution in [0.5, 0.6) is 11.5 Å². The van der Waals surface area contributed by atoms with Crippen LogP contribution in [0.1, 0.15) is 29.8 Å². The van der Waals surface area contributed by atoms with Crippen LogP contribution < -0.4 is 9.47 Å². The lowest BCUT2D eigenvalue weighted by atomic mass is 9.98. The van der Waals surface area contributed by atoms with Crippen LogP contribution in [0.25, 0.3) is 16.7 Å². The lowest BCUT2D eigenvalue weighted by Crippen LogP contribution is -2.32. The van der Waals surface area contributed by atoms with Crippen LogP contribution in [0.3, 0.4) is 0 Å². The zero-order chi connectivity index (χ0) is 25.9. The fraction of sp³-hybridized carbons (Fsp3) is 0.207. The summed E-state index contributed by atoms with van der Waals surface area (Å²) in [5.74, 6) is -0.256. The van der Waals surface area contributed by atoms with Crippen molar-refractivity contribution in [2.75, 3.05) is 20.3 Å². The molecule has 0 spiro atoms. The lowest BCUT2D eigenvalue weighted by Gasteiger charge is -2.24. The second-order valence-corrected chi connectivity index (χ2v) is 8.68. The fourth-order valence-electron chi connectivity index (χ4n) is 4.72. The molecular weight excluding hydrogens is 470 g/mol. The van der Waals surface area contributed by atoms with E-state index in [1.165, 1.54) is 4.90 Å². The number of ether oxygens (including phenoxy) is 2. The Balaban J connectivity index is 1.51. The van der Waals surface area contributed by atoms with Gasteiger partial charge in [0.2, 0.25) is 0 Å². The first kappa shape index (κ1) is 24.1. The number of aliphatic hydroxyl groups is 1. The number of pyridine rings is 1. The van der Waals surface area contributed by atoms with Crippen molar-refractivity contribution in [3.63, 3.8) is 0 Å². The number of aromatic nitrogens is 2. The summed E-state index contributed by atoms with van der Waals surface area (Å²) in [7, 11) is 1.62. The number of methoxy groups -OCH3 is 1. The average molecular weight is 498 g/mol. The largest absolute Gasteiger partial charge is 0.507 e. The second kappa shape index (κ2) is 10.2. The number of H-pyrrole nitrogens is 1. The third kappa shape index (κ3) is 4.53. The van der Waals surface area contributed by atoms with Gasteiger partial charge in [-0.1, -0.05) is 6.07 Å². The summed E-state index contributed by atoms with van der Waals surface area (Å²) < 4.78 is 10.8. The highest BCUT2D eigenvalue weighted by molar-refractivity contribution is 6.46. The highest BCUT2D eigenvalue weighted by Gasteiger charge is 2.46. The van der Waals surface area contributed by atoms with Crippen molar-refractivity contribution in [1.29, 1.82) is 0 Å². The summed E-state index contributed by atoms with van der Waals surface area (Å²) in [6, 6.07) is 17.0. The summed E-state index contributed by atoms with van der Waals surface area (Å²) in [5, 5.41) is 12.2. The monoisotopic (exact) mass is 497 g/mol. The molecule has 8 nitrogen and oxygen atoms in total. The smallest absolute Gasteiger partial charge is 0.295 e. The van der Waals surface area contributed by atoms with Crippen LogP contribution in [-0.4, -0.2) is 51.9 Å². The van der Waals surface area contributed by atoms with E-state index in [0.717, 1.165) is 22.2 Å². The molecular formula is C29H27N3O5. The summed E-state index contributed by atoms with van der Waals surface area (Å²) in [5.41, 5.74) is 2.89. The van der Waals surface area contributed by atoms with Crippen molar-refractivity contribution in [3.8, 4) is 11.5 Å². The van der Waals surface area contributed by atoms with Crippen molar-refractivity contribution in [1.82, 2.24) is 14.9 Å². The predicted octanol–water partition coefficient (Wildman–Crippen LogP) is 4.63. The fourth-order valence-corrected chi connectivity index (χ4v) is 4.72. The molecule has 1 fully saturated rings. The molecule has 0 aliphatic carbocycles. The van der Waals surface area contributed by atoms with Crippen molar-refractivity contribution in [2.24, 2.45) is 0 Å². The molecule has 1 aliphatic heterocycles. The Kier molecular flexibility index (Phi) is 6.64. The molecule has 0 saturated carbocycles. The highest BCUT2D eigenvalue weighted by atomic mass is 16.5. The van der Waals surface area contributed by atoms with Gasteiger partial charge in [-0.3, -0.25) is 14.6 Å². The number of nitrogens with one attached hydrogen (secondary N) is 1. The molecule has 188 valence electrons. The van der Waals surface area contributed by atoms with E-state index < -0.39 is 17.7 Å². The van der Waals surface area contributed by atoms with Gasteiger partial charge in [-0.25, -0.2) is 0 Å². The summed E-state index contributed by atoms with van der Waals surface area (Å²) in [4.78, 5) is 35.7. The third-order valence-electron chi connectivity index (χ3n) is 6.54. The molecule has 1 aliphatic rings. The number of aromatic amines is 1. The summed E-state index contributed by atoms with van der Waals surface area (Å²) >= 11 is 0. The topological polar surface area (TPSA) is 105 Å². The van der Waals surface area contributed by atoms with E-state index in [1.54, 1.807) is 55.8 Å². The van der Waals surface area contributed by atoms with Crippen LogP contribution in [-0.2, 0) is 16.0 Å². The lowest BCUT2D eigenvalue weighted by molar-refractivity contribution is -0.139. The van der Waals surface area contributed by atoms with E-state index >= 15 is 0 Å².